The third-order valence-corrected chi connectivity index (χ3v) is 3.33. The second-order valence-corrected chi connectivity index (χ2v) is 4.39. The summed E-state index contributed by atoms with van der Waals surface area (Å²) in [6, 6.07) is 14.3. The van der Waals surface area contributed by atoms with E-state index in [4.69, 9.17) is 5.73 Å². The normalized spacial score (nSPS) is 12.7. The highest BCUT2D eigenvalue weighted by Crippen LogP contribution is 2.31. The molecule has 0 aliphatic rings. The quantitative estimate of drug-likeness (QED) is 0.674. The summed E-state index contributed by atoms with van der Waals surface area (Å²) in [5.41, 5.74) is 10.8. The molecular formula is C14H14N4. The molecule has 3 N–H and O–H groups in total. The van der Waals surface area contributed by atoms with Gasteiger partial charge in [0.15, 0.2) is 0 Å². The third-order valence-electron chi connectivity index (χ3n) is 3.33. The largest absolute Gasteiger partial charge is 0.397 e. The van der Waals surface area contributed by atoms with Gasteiger partial charge >= 0.3 is 0 Å². The molecule has 1 heterocycles. The number of nitrogens with one attached hydrogen (secondary N) is 1. The van der Waals surface area contributed by atoms with Crippen molar-refractivity contribution in [2.45, 2.75) is 12.8 Å². The van der Waals surface area contributed by atoms with Gasteiger partial charge in [-0.1, -0.05) is 43.3 Å². The predicted octanol–water partition coefficient (Wildman–Crippen LogP) is 2.69. The summed E-state index contributed by atoms with van der Waals surface area (Å²) in [7, 11) is 0. The maximum absolute atomic E-state index is 6.18. The van der Waals surface area contributed by atoms with E-state index in [-0.39, 0.29) is 5.92 Å². The van der Waals surface area contributed by atoms with Gasteiger partial charge in [0.25, 0.3) is 0 Å². The minimum absolute atomic E-state index is 0.243. The molecule has 0 aliphatic heterocycles. The van der Waals surface area contributed by atoms with E-state index in [1.54, 1.807) is 0 Å². The molecule has 2 aromatic carbocycles. The number of nitrogens with two attached hydrogens (primary N) is 1. The number of hydrogen-bond donors (Lipinski definition) is 2. The van der Waals surface area contributed by atoms with E-state index in [9.17, 15) is 0 Å². The van der Waals surface area contributed by atoms with Crippen LogP contribution in [0.25, 0.3) is 11.0 Å². The zero-order chi connectivity index (χ0) is 12.5. The van der Waals surface area contributed by atoms with Gasteiger partial charge in [-0.15, -0.1) is 0 Å². The molecule has 4 nitrogen and oxygen atoms in total. The SMILES string of the molecule is CC(c1ccccc1)c1ccc2n[nH]nc2c1N. The van der Waals surface area contributed by atoms with Crippen molar-refractivity contribution in [1.29, 1.82) is 0 Å². The number of nitrogen functional groups attached to an aromatic ring is 1. The van der Waals surface area contributed by atoms with Crippen LogP contribution in [0, 0.1) is 0 Å². The first-order valence-electron chi connectivity index (χ1n) is 5.91. The zero-order valence-corrected chi connectivity index (χ0v) is 10.1. The molecule has 4 heteroatoms. The fourth-order valence-electron chi connectivity index (χ4n) is 2.25. The van der Waals surface area contributed by atoms with Gasteiger partial charge in [-0.05, 0) is 17.2 Å². The standard InChI is InChI=1S/C14H14N4/c1-9(10-5-3-2-4-6-10)11-7-8-12-14(13(11)15)17-18-16-12/h2-9H,15H2,1H3,(H,16,17,18). The minimum atomic E-state index is 0.243. The number of aromatic amines is 1. The summed E-state index contributed by atoms with van der Waals surface area (Å²) in [6.07, 6.45) is 0. The molecule has 0 amide bonds. The average Bonchev–Trinajstić information content (AvgIpc) is 2.89. The van der Waals surface area contributed by atoms with Crippen molar-refractivity contribution < 1.29 is 0 Å². The van der Waals surface area contributed by atoms with Crippen molar-refractivity contribution in [2.75, 3.05) is 5.73 Å². The first kappa shape index (κ1) is 10.8. The lowest BCUT2D eigenvalue weighted by molar-refractivity contribution is 0.927. The summed E-state index contributed by atoms with van der Waals surface area (Å²) in [4.78, 5) is 0. The first-order chi connectivity index (χ1) is 8.77. The average molecular weight is 238 g/mol. The van der Waals surface area contributed by atoms with E-state index >= 15 is 0 Å². The highest BCUT2D eigenvalue weighted by Gasteiger charge is 2.14. The lowest BCUT2D eigenvalue weighted by Crippen LogP contribution is -2.01. The molecular weight excluding hydrogens is 224 g/mol. The van der Waals surface area contributed by atoms with E-state index in [0.717, 1.165) is 16.6 Å². The Hall–Kier alpha value is -2.36. The summed E-state index contributed by atoms with van der Waals surface area (Å²) < 4.78 is 0. The maximum atomic E-state index is 6.18. The molecule has 0 aliphatic carbocycles. The van der Waals surface area contributed by atoms with Crippen LogP contribution >= 0.6 is 0 Å². The van der Waals surface area contributed by atoms with E-state index in [1.165, 1.54) is 5.56 Å². The second-order valence-electron chi connectivity index (χ2n) is 4.39. The zero-order valence-electron chi connectivity index (χ0n) is 10.1. The topological polar surface area (TPSA) is 67.6 Å². The lowest BCUT2D eigenvalue weighted by Gasteiger charge is -2.14. The van der Waals surface area contributed by atoms with Crippen molar-refractivity contribution in [3.63, 3.8) is 0 Å². The number of fused-ring (bicyclic) bond motifs is 1. The van der Waals surface area contributed by atoms with E-state index < -0.39 is 0 Å². The Morgan fingerprint density at radius 2 is 1.83 bits per heavy atom. The Morgan fingerprint density at radius 3 is 2.61 bits per heavy atom. The molecule has 1 unspecified atom stereocenters. The molecule has 1 atom stereocenters. The molecule has 1 aromatic heterocycles. The number of aromatic nitrogens is 3. The van der Waals surface area contributed by atoms with Crippen molar-refractivity contribution in [2.24, 2.45) is 0 Å². The van der Waals surface area contributed by atoms with Gasteiger partial charge in [-0.25, -0.2) is 0 Å². The van der Waals surface area contributed by atoms with Crippen LogP contribution in [0.2, 0.25) is 0 Å². The van der Waals surface area contributed by atoms with Gasteiger partial charge < -0.3 is 5.73 Å². The molecule has 0 bridgehead atoms. The van der Waals surface area contributed by atoms with Crippen LogP contribution in [0.3, 0.4) is 0 Å². The van der Waals surface area contributed by atoms with E-state index in [0.29, 0.717) is 5.69 Å². The summed E-state index contributed by atoms with van der Waals surface area (Å²) >= 11 is 0. The second kappa shape index (κ2) is 4.14. The maximum Gasteiger partial charge on any atom is 0.136 e. The Balaban J connectivity index is 2.11. The van der Waals surface area contributed by atoms with Gasteiger partial charge in [0.05, 0.1) is 5.69 Å². The van der Waals surface area contributed by atoms with Crippen LogP contribution in [0.15, 0.2) is 42.5 Å². The van der Waals surface area contributed by atoms with Crippen molar-refractivity contribution in [3.8, 4) is 0 Å². The summed E-state index contributed by atoms with van der Waals surface area (Å²) in [5, 5.41) is 10.7. The van der Waals surface area contributed by atoms with Crippen LogP contribution < -0.4 is 5.73 Å². The molecule has 0 saturated heterocycles. The fourth-order valence-corrected chi connectivity index (χ4v) is 2.25. The van der Waals surface area contributed by atoms with Crippen molar-refractivity contribution in [3.05, 3.63) is 53.6 Å². The van der Waals surface area contributed by atoms with Crippen LogP contribution in [-0.4, -0.2) is 15.4 Å². The molecule has 0 spiro atoms. The predicted molar refractivity (Wildman–Crippen MR) is 72.3 cm³/mol. The van der Waals surface area contributed by atoms with Crippen LogP contribution in [-0.2, 0) is 0 Å². The lowest BCUT2D eigenvalue weighted by atomic mass is 9.91. The third kappa shape index (κ3) is 1.62. The van der Waals surface area contributed by atoms with E-state index in [2.05, 4.69) is 34.5 Å². The van der Waals surface area contributed by atoms with E-state index in [1.807, 2.05) is 30.3 Å². The number of benzene rings is 2. The molecule has 3 rings (SSSR count). The fraction of sp³-hybridized carbons (Fsp3) is 0.143. The van der Waals surface area contributed by atoms with Gasteiger partial charge in [0, 0.05) is 5.92 Å². The number of anilines is 1. The highest BCUT2D eigenvalue weighted by molar-refractivity contribution is 5.88. The number of hydrogen-bond acceptors (Lipinski definition) is 3. The summed E-state index contributed by atoms with van der Waals surface area (Å²) in [6.45, 7) is 2.15. The molecule has 3 aromatic rings. The molecule has 18 heavy (non-hydrogen) atoms. The Labute approximate surface area is 105 Å². The van der Waals surface area contributed by atoms with Gasteiger partial charge in [0.1, 0.15) is 11.0 Å². The Bertz CT molecular complexity index is 673. The van der Waals surface area contributed by atoms with Crippen LogP contribution in [0.4, 0.5) is 5.69 Å². The Morgan fingerprint density at radius 1 is 1.06 bits per heavy atom. The van der Waals surface area contributed by atoms with Crippen molar-refractivity contribution >= 4 is 16.7 Å². The molecule has 90 valence electrons. The highest BCUT2D eigenvalue weighted by atomic mass is 15.3. The Kier molecular flexibility index (Phi) is 2.48. The molecule has 0 fully saturated rings. The van der Waals surface area contributed by atoms with Crippen LogP contribution in [0.5, 0.6) is 0 Å². The molecule has 0 saturated carbocycles. The van der Waals surface area contributed by atoms with Gasteiger partial charge in [-0.3, -0.25) is 0 Å². The number of rotatable bonds is 2. The van der Waals surface area contributed by atoms with Crippen molar-refractivity contribution in [1.82, 2.24) is 15.4 Å². The molecule has 0 radical (unpaired) electrons. The van der Waals surface area contributed by atoms with Crippen LogP contribution in [0.1, 0.15) is 24.0 Å². The smallest absolute Gasteiger partial charge is 0.136 e. The van der Waals surface area contributed by atoms with Gasteiger partial charge in [0.2, 0.25) is 0 Å². The minimum Gasteiger partial charge on any atom is -0.397 e. The van der Waals surface area contributed by atoms with Gasteiger partial charge in [-0.2, -0.15) is 15.4 Å². The first-order valence-corrected chi connectivity index (χ1v) is 5.91. The summed E-state index contributed by atoms with van der Waals surface area (Å²) in [5.74, 6) is 0.243. The number of H-pyrrole nitrogens is 1. The number of nitrogens with zero attached hydrogens (tertiary/aromatic N) is 2. The monoisotopic (exact) mass is 238 g/mol.